The maximum absolute atomic E-state index is 12.6. The third-order valence-corrected chi connectivity index (χ3v) is 4.22. The number of carbonyl (C=O) groups excluding carboxylic acids is 4. The number of aromatic amines is 1. The van der Waals surface area contributed by atoms with Gasteiger partial charge in [-0.1, -0.05) is 13.8 Å². The summed E-state index contributed by atoms with van der Waals surface area (Å²) in [5, 5.41) is 2.60. The number of carbonyl (C=O) groups is 4. The van der Waals surface area contributed by atoms with E-state index in [1.54, 1.807) is 13.8 Å². The Bertz CT molecular complexity index is 735. The summed E-state index contributed by atoms with van der Waals surface area (Å²) in [7, 11) is 1.26. The number of esters is 1. The minimum absolute atomic E-state index is 0.200. The number of ether oxygens (including phenoxy) is 1. The number of Topliss-reactive ketones (excluding diaryl/α,β-unsaturated/α-hetero) is 1. The predicted octanol–water partition coefficient (Wildman–Crippen LogP) is 1.57. The van der Waals surface area contributed by atoms with E-state index >= 15 is 0 Å². The van der Waals surface area contributed by atoms with E-state index < -0.39 is 29.7 Å². The predicted molar refractivity (Wildman–Crippen MR) is 89.4 cm³/mol. The molecule has 2 heterocycles. The average molecular weight is 349 g/mol. The van der Waals surface area contributed by atoms with Gasteiger partial charge < -0.3 is 15.0 Å². The molecule has 1 aliphatic heterocycles. The summed E-state index contributed by atoms with van der Waals surface area (Å²) in [6.07, 6.45) is 0.516. The van der Waals surface area contributed by atoms with Crippen molar-refractivity contribution in [2.75, 3.05) is 13.7 Å². The van der Waals surface area contributed by atoms with Gasteiger partial charge in [0, 0.05) is 5.69 Å². The maximum atomic E-state index is 12.6. The topological polar surface area (TPSA) is 109 Å². The second-order valence-electron chi connectivity index (χ2n) is 6.60. The average Bonchev–Trinajstić information content (AvgIpc) is 2.97. The third-order valence-electron chi connectivity index (χ3n) is 4.22. The molecule has 3 amide bonds. The maximum Gasteiger partial charge on any atom is 0.339 e. The molecule has 0 spiro atoms. The molecule has 2 N–H and O–H groups in total. The molecule has 2 rings (SSSR count). The Balaban J connectivity index is 2.19. The summed E-state index contributed by atoms with van der Waals surface area (Å²) in [6, 6.07) is -1.17. The lowest BCUT2D eigenvalue weighted by Gasteiger charge is -2.13. The molecule has 1 atom stereocenters. The monoisotopic (exact) mass is 349 g/mol. The number of nitrogens with zero attached hydrogens (tertiary/aromatic N) is 1. The number of H-pyrrole nitrogens is 1. The van der Waals surface area contributed by atoms with Gasteiger partial charge in [-0.25, -0.2) is 9.59 Å². The first-order chi connectivity index (χ1) is 11.7. The fraction of sp³-hybridized carbons (Fsp3) is 0.529. The van der Waals surface area contributed by atoms with Crippen molar-refractivity contribution in [1.82, 2.24) is 15.2 Å². The SMILES string of the molecule is COC(=O)c1c(C)[nH]c(C(=O)CN2C(=O)N[C@H](CC(C)C)C2=O)c1C. The van der Waals surface area contributed by atoms with Crippen molar-refractivity contribution in [3.63, 3.8) is 0 Å². The number of nitrogens with one attached hydrogen (secondary N) is 2. The Labute approximate surface area is 145 Å². The molecule has 0 unspecified atom stereocenters. The van der Waals surface area contributed by atoms with Crippen molar-refractivity contribution in [1.29, 1.82) is 0 Å². The van der Waals surface area contributed by atoms with Gasteiger partial charge in [-0.2, -0.15) is 0 Å². The second-order valence-corrected chi connectivity index (χ2v) is 6.60. The van der Waals surface area contributed by atoms with Crippen molar-refractivity contribution in [2.24, 2.45) is 5.92 Å². The van der Waals surface area contributed by atoms with Crippen molar-refractivity contribution in [3.8, 4) is 0 Å². The molecule has 25 heavy (non-hydrogen) atoms. The standard InChI is InChI=1S/C17H23N3O5/c1-8(2)6-11-15(22)20(17(24)19-11)7-12(21)14-9(3)13(10(4)18-14)16(23)25-5/h8,11,18H,6-7H2,1-5H3,(H,19,24)/t11-/m1/s1. The highest BCUT2D eigenvalue weighted by molar-refractivity contribution is 6.10. The fourth-order valence-corrected chi connectivity index (χ4v) is 3.02. The highest BCUT2D eigenvalue weighted by Gasteiger charge is 2.39. The summed E-state index contributed by atoms with van der Waals surface area (Å²) in [5.74, 6) is -1.15. The summed E-state index contributed by atoms with van der Waals surface area (Å²) in [5.41, 5.74) is 1.44. The number of aromatic nitrogens is 1. The van der Waals surface area contributed by atoms with E-state index in [9.17, 15) is 19.2 Å². The molecule has 1 aromatic heterocycles. The minimum atomic E-state index is -0.600. The Morgan fingerprint density at radius 3 is 2.44 bits per heavy atom. The van der Waals surface area contributed by atoms with Gasteiger partial charge in [-0.05, 0) is 31.7 Å². The fourth-order valence-electron chi connectivity index (χ4n) is 3.02. The zero-order valence-corrected chi connectivity index (χ0v) is 15.1. The van der Waals surface area contributed by atoms with Crippen LogP contribution in [-0.4, -0.2) is 53.3 Å². The summed E-state index contributed by atoms with van der Waals surface area (Å²) in [4.78, 5) is 52.5. The molecular weight excluding hydrogens is 326 g/mol. The Kier molecular flexibility index (Phi) is 5.30. The van der Waals surface area contributed by atoms with Gasteiger partial charge in [0.15, 0.2) is 5.78 Å². The largest absolute Gasteiger partial charge is 0.465 e. The lowest BCUT2D eigenvalue weighted by molar-refractivity contribution is -0.127. The van der Waals surface area contributed by atoms with Gasteiger partial charge in [-0.3, -0.25) is 14.5 Å². The molecule has 0 saturated carbocycles. The Morgan fingerprint density at radius 1 is 1.24 bits per heavy atom. The molecule has 1 aromatic rings. The lowest BCUT2D eigenvalue weighted by Crippen LogP contribution is -2.36. The first-order valence-electron chi connectivity index (χ1n) is 8.09. The zero-order chi connectivity index (χ0) is 18.9. The van der Waals surface area contributed by atoms with Gasteiger partial charge in [0.1, 0.15) is 6.04 Å². The smallest absolute Gasteiger partial charge is 0.339 e. The molecule has 0 radical (unpaired) electrons. The molecular formula is C17H23N3O5. The van der Waals surface area contributed by atoms with E-state index in [1.165, 1.54) is 7.11 Å². The summed E-state index contributed by atoms with van der Waals surface area (Å²) < 4.78 is 4.71. The normalized spacial score (nSPS) is 17.2. The number of hydrogen-bond donors (Lipinski definition) is 2. The Hall–Kier alpha value is -2.64. The van der Waals surface area contributed by atoms with Crippen LogP contribution in [0.5, 0.6) is 0 Å². The van der Waals surface area contributed by atoms with Crippen LogP contribution < -0.4 is 5.32 Å². The zero-order valence-electron chi connectivity index (χ0n) is 15.1. The van der Waals surface area contributed by atoms with Gasteiger partial charge in [0.25, 0.3) is 5.91 Å². The molecule has 1 aliphatic rings. The van der Waals surface area contributed by atoms with E-state index in [4.69, 9.17) is 4.74 Å². The van der Waals surface area contributed by atoms with E-state index in [1.807, 2.05) is 13.8 Å². The summed E-state index contributed by atoms with van der Waals surface area (Å²) in [6.45, 7) is 6.80. The minimum Gasteiger partial charge on any atom is -0.465 e. The number of methoxy groups -OCH3 is 1. The van der Waals surface area contributed by atoms with Gasteiger partial charge in [0.2, 0.25) is 0 Å². The van der Waals surface area contributed by atoms with Crippen LogP contribution in [0.3, 0.4) is 0 Å². The van der Waals surface area contributed by atoms with Crippen LogP contribution in [0.4, 0.5) is 4.79 Å². The molecule has 1 fully saturated rings. The van der Waals surface area contributed by atoms with Crippen LogP contribution in [0.25, 0.3) is 0 Å². The number of urea groups is 1. The van der Waals surface area contributed by atoms with Crippen molar-refractivity contribution in [3.05, 3.63) is 22.5 Å². The Morgan fingerprint density at radius 2 is 1.88 bits per heavy atom. The highest BCUT2D eigenvalue weighted by Crippen LogP contribution is 2.21. The van der Waals surface area contributed by atoms with E-state index in [0.717, 1.165) is 4.90 Å². The van der Waals surface area contributed by atoms with Crippen LogP contribution in [0.1, 0.15) is 52.4 Å². The van der Waals surface area contributed by atoms with Crippen molar-refractivity contribution in [2.45, 2.75) is 40.2 Å². The number of rotatable bonds is 6. The van der Waals surface area contributed by atoms with E-state index in [2.05, 4.69) is 10.3 Å². The van der Waals surface area contributed by atoms with Crippen LogP contribution in [-0.2, 0) is 9.53 Å². The van der Waals surface area contributed by atoms with Crippen LogP contribution in [0.15, 0.2) is 0 Å². The van der Waals surface area contributed by atoms with E-state index in [0.29, 0.717) is 23.2 Å². The van der Waals surface area contributed by atoms with Crippen molar-refractivity contribution < 1.29 is 23.9 Å². The molecule has 1 saturated heterocycles. The van der Waals surface area contributed by atoms with Gasteiger partial charge >= 0.3 is 12.0 Å². The first-order valence-corrected chi connectivity index (χ1v) is 8.09. The molecule has 8 nitrogen and oxygen atoms in total. The second kappa shape index (κ2) is 7.08. The molecule has 0 aromatic carbocycles. The molecule has 8 heteroatoms. The quantitative estimate of drug-likeness (QED) is 0.460. The number of aryl methyl sites for hydroxylation is 1. The highest BCUT2D eigenvalue weighted by atomic mass is 16.5. The van der Waals surface area contributed by atoms with Crippen molar-refractivity contribution >= 4 is 23.7 Å². The number of imide groups is 1. The first kappa shape index (κ1) is 18.7. The molecule has 0 bridgehead atoms. The van der Waals surface area contributed by atoms with Gasteiger partial charge in [-0.15, -0.1) is 0 Å². The van der Waals surface area contributed by atoms with Gasteiger partial charge in [0.05, 0.1) is 24.9 Å². The third kappa shape index (κ3) is 3.57. The summed E-state index contributed by atoms with van der Waals surface area (Å²) >= 11 is 0. The van der Waals surface area contributed by atoms with E-state index in [-0.39, 0.29) is 18.2 Å². The van der Waals surface area contributed by atoms with Crippen LogP contribution in [0.2, 0.25) is 0 Å². The number of amides is 3. The molecule has 0 aliphatic carbocycles. The molecule has 136 valence electrons. The number of ketones is 1. The number of hydrogen-bond acceptors (Lipinski definition) is 5. The van der Waals surface area contributed by atoms with Crippen LogP contribution >= 0.6 is 0 Å². The lowest BCUT2D eigenvalue weighted by atomic mass is 10.0. The van der Waals surface area contributed by atoms with Crippen LogP contribution in [0, 0.1) is 19.8 Å².